The highest BCUT2D eigenvalue weighted by Crippen LogP contribution is 2.21. The number of aryl methyl sites for hydroxylation is 1. The van der Waals surface area contributed by atoms with Crippen LogP contribution in [0.2, 0.25) is 0 Å². The molecule has 8 nitrogen and oxygen atoms in total. The van der Waals surface area contributed by atoms with E-state index in [1.807, 2.05) is 25.1 Å². The van der Waals surface area contributed by atoms with E-state index in [0.717, 1.165) is 30.3 Å². The zero-order valence-corrected chi connectivity index (χ0v) is 17.4. The molecule has 1 aliphatic heterocycles. The van der Waals surface area contributed by atoms with Crippen molar-refractivity contribution < 1.29 is 13.9 Å². The van der Waals surface area contributed by atoms with Crippen LogP contribution in [0.4, 0.5) is 23.1 Å². The third-order valence-electron chi connectivity index (χ3n) is 4.37. The number of nitrogens with one attached hydrogen (secondary N) is 2. The highest BCUT2D eigenvalue weighted by atomic mass is 79.9. The molecule has 3 aromatic rings. The summed E-state index contributed by atoms with van der Waals surface area (Å²) in [4.78, 5) is 23.4. The van der Waals surface area contributed by atoms with Gasteiger partial charge in [0.1, 0.15) is 5.82 Å². The maximum absolute atomic E-state index is 12.2. The number of ether oxygens (including phenoxy) is 1. The van der Waals surface area contributed by atoms with Crippen LogP contribution in [0.5, 0.6) is 0 Å². The van der Waals surface area contributed by atoms with Gasteiger partial charge < -0.3 is 24.7 Å². The maximum Gasteiger partial charge on any atom is 0.291 e. The van der Waals surface area contributed by atoms with Gasteiger partial charge in [0.25, 0.3) is 5.91 Å². The summed E-state index contributed by atoms with van der Waals surface area (Å²) in [6.45, 7) is 4.98. The number of anilines is 4. The molecule has 0 unspecified atom stereocenters. The number of halogens is 1. The monoisotopic (exact) mass is 457 g/mol. The normalized spacial score (nSPS) is 13.9. The third kappa shape index (κ3) is 4.93. The van der Waals surface area contributed by atoms with Gasteiger partial charge in [0, 0.05) is 36.2 Å². The first-order valence-corrected chi connectivity index (χ1v) is 9.98. The Morgan fingerprint density at radius 1 is 1.07 bits per heavy atom. The van der Waals surface area contributed by atoms with Crippen molar-refractivity contribution in [1.29, 1.82) is 0 Å². The number of carbonyl (C=O) groups is 1. The molecule has 1 aliphatic rings. The van der Waals surface area contributed by atoms with Crippen molar-refractivity contribution in [2.24, 2.45) is 0 Å². The van der Waals surface area contributed by atoms with Gasteiger partial charge in [-0.15, -0.1) is 0 Å². The first-order chi connectivity index (χ1) is 14.1. The number of benzene rings is 1. The lowest BCUT2D eigenvalue weighted by Crippen LogP contribution is -2.36. The molecule has 0 atom stereocenters. The third-order valence-corrected chi connectivity index (χ3v) is 4.80. The van der Waals surface area contributed by atoms with Crippen LogP contribution in [0, 0.1) is 6.92 Å². The molecule has 2 N–H and O–H groups in total. The fraction of sp³-hybridized carbons (Fsp3) is 0.250. The molecule has 0 bridgehead atoms. The molecule has 0 aliphatic carbocycles. The highest BCUT2D eigenvalue weighted by molar-refractivity contribution is 9.10. The minimum absolute atomic E-state index is 0.239. The molecule has 9 heteroatoms. The Labute approximate surface area is 176 Å². The Morgan fingerprint density at radius 3 is 2.48 bits per heavy atom. The van der Waals surface area contributed by atoms with Crippen molar-refractivity contribution in [3.05, 3.63) is 58.6 Å². The van der Waals surface area contributed by atoms with Gasteiger partial charge in [-0.05, 0) is 59.3 Å². The van der Waals surface area contributed by atoms with Crippen LogP contribution < -0.4 is 15.5 Å². The number of amides is 1. The van der Waals surface area contributed by atoms with E-state index < -0.39 is 0 Å². The van der Waals surface area contributed by atoms with Crippen LogP contribution in [0.3, 0.4) is 0 Å². The summed E-state index contributed by atoms with van der Waals surface area (Å²) >= 11 is 3.19. The van der Waals surface area contributed by atoms with Crippen LogP contribution in [0.1, 0.15) is 16.2 Å². The fourth-order valence-corrected chi connectivity index (χ4v) is 3.26. The Kier molecular flexibility index (Phi) is 5.77. The van der Waals surface area contributed by atoms with Gasteiger partial charge in [-0.25, -0.2) is 4.98 Å². The van der Waals surface area contributed by atoms with Gasteiger partial charge in [0.05, 0.1) is 13.2 Å². The van der Waals surface area contributed by atoms with Gasteiger partial charge >= 0.3 is 0 Å². The minimum atomic E-state index is -0.312. The molecule has 1 amide bonds. The van der Waals surface area contributed by atoms with Crippen molar-refractivity contribution in [2.75, 3.05) is 41.8 Å². The standard InChI is InChI=1S/C20H20BrN5O3/c1-13-12-18(26-8-10-28-11-9-26)25-20(22-13)24-15-4-2-14(3-5-15)23-19(27)16-6-7-17(21)29-16/h2-7,12H,8-11H2,1H3,(H,23,27)(H,22,24,25). The Morgan fingerprint density at radius 2 is 1.79 bits per heavy atom. The Balaban J connectivity index is 1.43. The minimum Gasteiger partial charge on any atom is -0.444 e. The first-order valence-electron chi connectivity index (χ1n) is 9.19. The average molecular weight is 458 g/mol. The predicted molar refractivity (Wildman–Crippen MR) is 114 cm³/mol. The average Bonchev–Trinajstić information content (AvgIpc) is 3.16. The topological polar surface area (TPSA) is 92.5 Å². The van der Waals surface area contributed by atoms with E-state index in [4.69, 9.17) is 9.15 Å². The van der Waals surface area contributed by atoms with Crippen molar-refractivity contribution in [3.63, 3.8) is 0 Å². The summed E-state index contributed by atoms with van der Waals surface area (Å²) in [6.07, 6.45) is 0. The van der Waals surface area contributed by atoms with Crippen LogP contribution in [-0.4, -0.2) is 42.2 Å². The summed E-state index contributed by atoms with van der Waals surface area (Å²) in [5.41, 5.74) is 2.37. The second-order valence-electron chi connectivity index (χ2n) is 6.55. The molecule has 150 valence electrons. The number of carbonyl (C=O) groups excluding carboxylic acids is 1. The van der Waals surface area contributed by atoms with E-state index in [2.05, 4.69) is 41.4 Å². The number of furan rings is 1. The molecule has 1 saturated heterocycles. The SMILES string of the molecule is Cc1cc(N2CCOCC2)nc(Nc2ccc(NC(=O)c3ccc(Br)o3)cc2)n1. The molecule has 2 aromatic heterocycles. The Bertz CT molecular complexity index is 1000. The van der Waals surface area contributed by atoms with Gasteiger partial charge in [-0.2, -0.15) is 4.98 Å². The van der Waals surface area contributed by atoms with Crippen LogP contribution >= 0.6 is 15.9 Å². The lowest BCUT2D eigenvalue weighted by molar-refractivity contribution is 0.0995. The highest BCUT2D eigenvalue weighted by Gasteiger charge is 2.14. The lowest BCUT2D eigenvalue weighted by atomic mass is 10.2. The van der Waals surface area contributed by atoms with E-state index in [1.165, 1.54) is 0 Å². The summed E-state index contributed by atoms with van der Waals surface area (Å²) in [7, 11) is 0. The number of aromatic nitrogens is 2. The summed E-state index contributed by atoms with van der Waals surface area (Å²) in [6, 6.07) is 12.6. The van der Waals surface area contributed by atoms with Crippen LogP contribution in [0.25, 0.3) is 0 Å². The molecule has 0 spiro atoms. The van der Waals surface area contributed by atoms with Crippen molar-refractivity contribution in [3.8, 4) is 0 Å². The molecular weight excluding hydrogens is 438 g/mol. The summed E-state index contributed by atoms with van der Waals surface area (Å²) in [5, 5.41) is 6.02. The molecule has 0 saturated carbocycles. The zero-order valence-electron chi connectivity index (χ0n) is 15.8. The van der Waals surface area contributed by atoms with Gasteiger partial charge in [-0.1, -0.05) is 0 Å². The zero-order chi connectivity index (χ0) is 20.2. The smallest absolute Gasteiger partial charge is 0.291 e. The molecule has 1 fully saturated rings. The fourth-order valence-electron chi connectivity index (χ4n) is 2.96. The molecule has 29 heavy (non-hydrogen) atoms. The molecular formula is C20H20BrN5O3. The number of morpholine rings is 1. The van der Waals surface area contributed by atoms with Gasteiger partial charge in [0.15, 0.2) is 10.4 Å². The largest absolute Gasteiger partial charge is 0.444 e. The summed E-state index contributed by atoms with van der Waals surface area (Å²) in [5.74, 6) is 1.34. The van der Waals surface area contributed by atoms with E-state index in [-0.39, 0.29) is 11.7 Å². The van der Waals surface area contributed by atoms with Crippen LogP contribution in [0.15, 0.2) is 51.6 Å². The first kappa shape index (κ1) is 19.4. The maximum atomic E-state index is 12.2. The van der Waals surface area contributed by atoms with Gasteiger partial charge in [-0.3, -0.25) is 4.79 Å². The number of nitrogens with zero attached hydrogens (tertiary/aromatic N) is 3. The second-order valence-corrected chi connectivity index (χ2v) is 7.33. The van der Waals surface area contributed by atoms with E-state index in [9.17, 15) is 4.79 Å². The predicted octanol–water partition coefficient (Wildman–Crippen LogP) is 3.97. The Hall–Kier alpha value is -2.91. The number of rotatable bonds is 5. The van der Waals surface area contributed by atoms with Gasteiger partial charge in [0.2, 0.25) is 5.95 Å². The molecule has 3 heterocycles. The second kappa shape index (κ2) is 8.62. The van der Waals surface area contributed by atoms with Crippen molar-refractivity contribution in [2.45, 2.75) is 6.92 Å². The van der Waals surface area contributed by atoms with E-state index in [0.29, 0.717) is 29.5 Å². The molecule has 1 aromatic carbocycles. The number of hydrogen-bond donors (Lipinski definition) is 2. The summed E-state index contributed by atoms with van der Waals surface area (Å²) < 4.78 is 11.2. The van der Waals surface area contributed by atoms with E-state index >= 15 is 0 Å². The molecule has 4 rings (SSSR count). The van der Waals surface area contributed by atoms with E-state index in [1.54, 1.807) is 24.3 Å². The van der Waals surface area contributed by atoms with Crippen molar-refractivity contribution >= 4 is 45.0 Å². The van der Waals surface area contributed by atoms with Crippen LogP contribution in [-0.2, 0) is 4.74 Å². The quantitative estimate of drug-likeness (QED) is 0.598. The molecule has 0 radical (unpaired) electrons. The van der Waals surface area contributed by atoms with Crippen molar-refractivity contribution in [1.82, 2.24) is 9.97 Å². The number of hydrogen-bond acceptors (Lipinski definition) is 7. The lowest BCUT2D eigenvalue weighted by Gasteiger charge is -2.28.